The molecule has 0 radical (unpaired) electrons. The van der Waals surface area contributed by atoms with Crippen molar-refractivity contribution in [1.29, 1.82) is 0 Å². The van der Waals surface area contributed by atoms with Gasteiger partial charge in [0, 0.05) is 17.6 Å². The van der Waals surface area contributed by atoms with Gasteiger partial charge in [0.05, 0.1) is 0 Å². The SMILES string of the molecule is CC(=O)OC(CBr)CBr. The van der Waals surface area contributed by atoms with Crippen molar-refractivity contribution in [2.24, 2.45) is 0 Å². The average molecular weight is 260 g/mol. The van der Waals surface area contributed by atoms with Gasteiger partial charge in [-0.3, -0.25) is 4.79 Å². The molecule has 0 bridgehead atoms. The summed E-state index contributed by atoms with van der Waals surface area (Å²) in [5.74, 6) is -0.237. The van der Waals surface area contributed by atoms with E-state index in [0.717, 1.165) is 0 Å². The fraction of sp³-hybridized carbons (Fsp3) is 0.800. The largest absolute Gasteiger partial charge is 0.461 e. The molecule has 54 valence electrons. The van der Waals surface area contributed by atoms with Crippen molar-refractivity contribution < 1.29 is 9.53 Å². The molecule has 0 saturated heterocycles. The number of ether oxygens (including phenoxy) is 1. The van der Waals surface area contributed by atoms with E-state index < -0.39 is 0 Å². The lowest BCUT2D eigenvalue weighted by Gasteiger charge is -2.09. The molecule has 9 heavy (non-hydrogen) atoms. The Morgan fingerprint density at radius 3 is 2.11 bits per heavy atom. The molecule has 0 amide bonds. The van der Waals surface area contributed by atoms with Crippen LogP contribution in [0, 0.1) is 0 Å². The fourth-order valence-electron chi connectivity index (χ4n) is 0.339. The second kappa shape index (κ2) is 5.23. The van der Waals surface area contributed by atoms with Crippen molar-refractivity contribution in [3.05, 3.63) is 0 Å². The Morgan fingerprint density at radius 2 is 2.00 bits per heavy atom. The highest BCUT2D eigenvalue weighted by Gasteiger charge is 2.06. The van der Waals surface area contributed by atoms with E-state index in [4.69, 9.17) is 4.74 Å². The first kappa shape index (κ1) is 9.43. The van der Waals surface area contributed by atoms with E-state index in [1.54, 1.807) is 0 Å². The Labute approximate surface area is 71.2 Å². The van der Waals surface area contributed by atoms with Crippen molar-refractivity contribution in [2.75, 3.05) is 10.7 Å². The molecule has 0 fully saturated rings. The molecule has 0 rings (SSSR count). The third-order valence-electron chi connectivity index (χ3n) is 0.677. The highest BCUT2D eigenvalue weighted by Crippen LogP contribution is 2.01. The number of carbonyl (C=O) groups is 1. The smallest absolute Gasteiger partial charge is 0.302 e. The summed E-state index contributed by atoms with van der Waals surface area (Å²) in [6.07, 6.45) is -0.0394. The molecule has 0 saturated carbocycles. The third kappa shape index (κ3) is 4.90. The van der Waals surface area contributed by atoms with Gasteiger partial charge in [0.25, 0.3) is 0 Å². The number of hydrogen-bond acceptors (Lipinski definition) is 2. The number of hydrogen-bond donors (Lipinski definition) is 0. The molecule has 0 aromatic carbocycles. The zero-order valence-electron chi connectivity index (χ0n) is 5.06. The minimum atomic E-state index is -0.237. The summed E-state index contributed by atoms with van der Waals surface area (Å²) in [6.45, 7) is 1.40. The monoisotopic (exact) mass is 258 g/mol. The van der Waals surface area contributed by atoms with Crippen molar-refractivity contribution in [3.8, 4) is 0 Å². The van der Waals surface area contributed by atoms with Crippen LogP contribution in [0.3, 0.4) is 0 Å². The molecule has 0 aliphatic heterocycles. The van der Waals surface area contributed by atoms with Crippen LogP contribution in [0.15, 0.2) is 0 Å². The summed E-state index contributed by atoms with van der Waals surface area (Å²) in [6, 6.07) is 0. The number of esters is 1. The van der Waals surface area contributed by atoms with Crippen LogP contribution in [-0.4, -0.2) is 22.7 Å². The van der Waals surface area contributed by atoms with Crippen LogP contribution < -0.4 is 0 Å². The van der Waals surface area contributed by atoms with E-state index in [1.807, 2.05) is 0 Å². The van der Waals surface area contributed by atoms with E-state index in [-0.39, 0.29) is 12.1 Å². The molecule has 4 heteroatoms. The maximum atomic E-state index is 10.3. The second-order valence-electron chi connectivity index (χ2n) is 1.54. The molecule has 0 aromatic rings. The number of halogens is 2. The van der Waals surface area contributed by atoms with Gasteiger partial charge in [-0.05, 0) is 0 Å². The van der Waals surface area contributed by atoms with Crippen LogP contribution in [0.5, 0.6) is 0 Å². The molecule has 0 heterocycles. The Bertz CT molecular complexity index is 91.0. The lowest BCUT2D eigenvalue weighted by Crippen LogP contribution is -2.18. The molecule has 0 aromatic heterocycles. The first-order chi connectivity index (χ1) is 4.20. The molecule has 0 unspecified atom stereocenters. The van der Waals surface area contributed by atoms with E-state index in [0.29, 0.717) is 10.7 Å². The van der Waals surface area contributed by atoms with Gasteiger partial charge in [-0.15, -0.1) is 0 Å². The van der Waals surface area contributed by atoms with Crippen LogP contribution in [-0.2, 0) is 9.53 Å². The average Bonchev–Trinajstić information content (AvgIpc) is 1.82. The first-order valence-corrected chi connectivity index (χ1v) is 4.74. The van der Waals surface area contributed by atoms with Crippen LogP contribution >= 0.6 is 31.9 Å². The maximum absolute atomic E-state index is 10.3. The normalized spacial score (nSPS) is 9.78. The summed E-state index contributed by atoms with van der Waals surface area (Å²) < 4.78 is 4.82. The van der Waals surface area contributed by atoms with Crippen LogP contribution in [0.25, 0.3) is 0 Å². The van der Waals surface area contributed by atoms with Gasteiger partial charge in [-0.1, -0.05) is 31.9 Å². The molecule has 0 aliphatic rings. The van der Waals surface area contributed by atoms with E-state index in [1.165, 1.54) is 6.92 Å². The van der Waals surface area contributed by atoms with Crippen LogP contribution in [0.4, 0.5) is 0 Å². The molecule has 0 atom stereocenters. The Balaban J connectivity index is 3.43. The van der Waals surface area contributed by atoms with Gasteiger partial charge in [-0.2, -0.15) is 0 Å². The quantitative estimate of drug-likeness (QED) is 0.570. The Kier molecular flexibility index (Phi) is 5.48. The summed E-state index contributed by atoms with van der Waals surface area (Å²) in [4.78, 5) is 10.3. The fourth-order valence-corrected chi connectivity index (χ4v) is 1.68. The van der Waals surface area contributed by atoms with Gasteiger partial charge in [-0.25, -0.2) is 0 Å². The maximum Gasteiger partial charge on any atom is 0.302 e. The van der Waals surface area contributed by atoms with E-state index in [9.17, 15) is 4.79 Å². The Hall–Kier alpha value is 0.430. The number of carbonyl (C=O) groups excluding carboxylic acids is 1. The molecule has 0 spiro atoms. The molecular weight excluding hydrogens is 252 g/mol. The van der Waals surface area contributed by atoms with Crippen molar-refractivity contribution in [2.45, 2.75) is 13.0 Å². The van der Waals surface area contributed by atoms with E-state index in [2.05, 4.69) is 31.9 Å². The van der Waals surface area contributed by atoms with Crippen molar-refractivity contribution in [1.82, 2.24) is 0 Å². The summed E-state index contributed by atoms with van der Waals surface area (Å²) in [5.41, 5.74) is 0. The predicted molar refractivity (Wildman–Crippen MR) is 43.1 cm³/mol. The zero-order chi connectivity index (χ0) is 7.28. The minimum Gasteiger partial charge on any atom is -0.461 e. The minimum absolute atomic E-state index is 0.0394. The van der Waals surface area contributed by atoms with E-state index >= 15 is 0 Å². The van der Waals surface area contributed by atoms with Gasteiger partial charge in [0.15, 0.2) is 0 Å². The zero-order valence-corrected chi connectivity index (χ0v) is 8.24. The standard InChI is InChI=1S/C5H8Br2O2/c1-4(8)9-5(2-6)3-7/h5H,2-3H2,1H3. The van der Waals surface area contributed by atoms with Crippen LogP contribution in [0.2, 0.25) is 0 Å². The van der Waals surface area contributed by atoms with Gasteiger partial charge in [0.1, 0.15) is 6.10 Å². The topological polar surface area (TPSA) is 26.3 Å². The lowest BCUT2D eigenvalue weighted by molar-refractivity contribution is -0.144. The second-order valence-corrected chi connectivity index (χ2v) is 2.84. The lowest BCUT2D eigenvalue weighted by atomic mass is 10.5. The highest BCUT2D eigenvalue weighted by molar-refractivity contribution is 9.09. The van der Waals surface area contributed by atoms with Crippen molar-refractivity contribution in [3.63, 3.8) is 0 Å². The summed E-state index contributed by atoms with van der Waals surface area (Å²) in [5, 5.41) is 1.36. The summed E-state index contributed by atoms with van der Waals surface area (Å²) in [7, 11) is 0. The Morgan fingerprint density at radius 1 is 1.56 bits per heavy atom. The van der Waals surface area contributed by atoms with Gasteiger partial charge >= 0.3 is 5.97 Å². The highest BCUT2D eigenvalue weighted by atomic mass is 79.9. The predicted octanol–water partition coefficient (Wildman–Crippen LogP) is 1.71. The summed E-state index contributed by atoms with van der Waals surface area (Å²) >= 11 is 6.39. The third-order valence-corrected chi connectivity index (χ3v) is 2.12. The first-order valence-electron chi connectivity index (χ1n) is 2.49. The number of alkyl halides is 2. The molecule has 2 nitrogen and oxygen atoms in total. The van der Waals surface area contributed by atoms with Gasteiger partial charge in [0.2, 0.25) is 0 Å². The van der Waals surface area contributed by atoms with Crippen molar-refractivity contribution >= 4 is 37.8 Å². The molecule has 0 aliphatic carbocycles. The molecule has 0 N–H and O–H groups in total. The molecular formula is C5H8Br2O2. The van der Waals surface area contributed by atoms with Crippen LogP contribution in [0.1, 0.15) is 6.92 Å². The van der Waals surface area contributed by atoms with Gasteiger partial charge < -0.3 is 4.74 Å². The number of rotatable bonds is 3.